The molecule has 0 aromatic heterocycles. The maximum atomic E-state index is 13.1. The Labute approximate surface area is 113 Å². The average Bonchev–Trinajstić information content (AvgIpc) is 2.35. The number of halogens is 2. The molecule has 92 valence electrons. The van der Waals surface area contributed by atoms with Crippen LogP contribution in [0, 0.1) is 12.7 Å². The Bertz CT molecular complexity index is 581. The van der Waals surface area contributed by atoms with Crippen molar-refractivity contribution in [3.05, 3.63) is 63.9 Å². The van der Waals surface area contributed by atoms with Crippen LogP contribution in [0.15, 0.2) is 46.9 Å². The fourth-order valence-electron chi connectivity index (χ4n) is 1.57. The monoisotopic (exact) mass is 307 g/mol. The van der Waals surface area contributed by atoms with Gasteiger partial charge in [0.05, 0.1) is 0 Å². The van der Waals surface area contributed by atoms with Gasteiger partial charge in [-0.25, -0.2) is 4.39 Å². The van der Waals surface area contributed by atoms with Crippen molar-refractivity contribution in [1.82, 2.24) is 0 Å². The van der Waals surface area contributed by atoms with Crippen molar-refractivity contribution >= 4 is 27.5 Å². The standard InChI is InChI=1S/C14H11BrFNO/c1-9-2-5-11(16)8-13(9)14(18)17-12-6-3-10(15)4-7-12/h2-8H,1H3,(H,17,18). The largest absolute Gasteiger partial charge is 0.322 e. The van der Waals surface area contributed by atoms with Crippen LogP contribution in [0.25, 0.3) is 0 Å². The normalized spacial score (nSPS) is 10.2. The third kappa shape index (κ3) is 2.96. The highest BCUT2D eigenvalue weighted by atomic mass is 79.9. The summed E-state index contributed by atoms with van der Waals surface area (Å²) in [6, 6.07) is 11.4. The minimum Gasteiger partial charge on any atom is -0.322 e. The zero-order chi connectivity index (χ0) is 13.1. The molecule has 18 heavy (non-hydrogen) atoms. The van der Waals surface area contributed by atoms with Crippen molar-refractivity contribution in [2.75, 3.05) is 5.32 Å². The number of rotatable bonds is 2. The maximum Gasteiger partial charge on any atom is 0.256 e. The lowest BCUT2D eigenvalue weighted by molar-refractivity contribution is 0.102. The molecule has 0 spiro atoms. The van der Waals surface area contributed by atoms with E-state index in [1.54, 1.807) is 25.1 Å². The number of aryl methyl sites for hydroxylation is 1. The quantitative estimate of drug-likeness (QED) is 0.887. The predicted molar refractivity (Wildman–Crippen MR) is 73.2 cm³/mol. The number of nitrogens with one attached hydrogen (secondary N) is 1. The molecule has 0 atom stereocenters. The number of hydrogen-bond acceptors (Lipinski definition) is 1. The SMILES string of the molecule is Cc1ccc(F)cc1C(=O)Nc1ccc(Br)cc1. The molecule has 4 heteroatoms. The summed E-state index contributed by atoms with van der Waals surface area (Å²) < 4.78 is 14.0. The smallest absolute Gasteiger partial charge is 0.256 e. The van der Waals surface area contributed by atoms with Gasteiger partial charge in [0.2, 0.25) is 0 Å². The van der Waals surface area contributed by atoms with Crippen LogP contribution in [0.1, 0.15) is 15.9 Å². The van der Waals surface area contributed by atoms with Gasteiger partial charge in [-0.05, 0) is 48.9 Å². The molecule has 0 unspecified atom stereocenters. The second-order valence-electron chi connectivity index (χ2n) is 3.92. The molecule has 1 N–H and O–H groups in total. The third-order valence-electron chi connectivity index (χ3n) is 2.55. The topological polar surface area (TPSA) is 29.1 Å². The van der Waals surface area contributed by atoms with E-state index in [1.165, 1.54) is 12.1 Å². The van der Waals surface area contributed by atoms with Crippen molar-refractivity contribution < 1.29 is 9.18 Å². The van der Waals surface area contributed by atoms with Crippen LogP contribution in [0.2, 0.25) is 0 Å². The molecular weight excluding hydrogens is 297 g/mol. The Morgan fingerprint density at radius 1 is 1.17 bits per heavy atom. The van der Waals surface area contributed by atoms with Crippen LogP contribution in [0.5, 0.6) is 0 Å². The van der Waals surface area contributed by atoms with Crippen molar-refractivity contribution in [3.8, 4) is 0 Å². The fraction of sp³-hybridized carbons (Fsp3) is 0.0714. The summed E-state index contributed by atoms with van der Waals surface area (Å²) in [5.41, 5.74) is 1.76. The van der Waals surface area contributed by atoms with Crippen molar-refractivity contribution in [2.24, 2.45) is 0 Å². The molecule has 2 aromatic rings. The van der Waals surface area contributed by atoms with Crippen LogP contribution in [-0.2, 0) is 0 Å². The highest BCUT2D eigenvalue weighted by molar-refractivity contribution is 9.10. The highest BCUT2D eigenvalue weighted by Gasteiger charge is 2.10. The Morgan fingerprint density at radius 3 is 2.50 bits per heavy atom. The van der Waals surface area contributed by atoms with Gasteiger partial charge in [0.1, 0.15) is 5.82 Å². The van der Waals surface area contributed by atoms with E-state index in [4.69, 9.17) is 0 Å². The van der Waals surface area contributed by atoms with E-state index < -0.39 is 5.82 Å². The Balaban J connectivity index is 2.21. The van der Waals surface area contributed by atoms with Crippen LogP contribution in [0.4, 0.5) is 10.1 Å². The predicted octanol–water partition coefficient (Wildman–Crippen LogP) is 4.15. The lowest BCUT2D eigenvalue weighted by Crippen LogP contribution is -2.13. The zero-order valence-electron chi connectivity index (χ0n) is 9.71. The van der Waals surface area contributed by atoms with Gasteiger partial charge in [0, 0.05) is 15.7 Å². The van der Waals surface area contributed by atoms with Gasteiger partial charge in [-0.1, -0.05) is 22.0 Å². The zero-order valence-corrected chi connectivity index (χ0v) is 11.3. The van der Waals surface area contributed by atoms with E-state index in [2.05, 4.69) is 21.2 Å². The van der Waals surface area contributed by atoms with E-state index in [-0.39, 0.29) is 5.91 Å². The number of benzene rings is 2. The number of amides is 1. The summed E-state index contributed by atoms with van der Waals surface area (Å²) in [7, 11) is 0. The summed E-state index contributed by atoms with van der Waals surface area (Å²) in [6.07, 6.45) is 0. The van der Waals surface area contributed by atoms with Crippen LogP contribution < -0.4 is 5.32 Å². The number of carbonyl (C=O) groups is 1. The minimum absolute atomic E-state index is 0.311. The summed E-state index contributed by atoms with van der Waals surface area (Å²) in [4.78, 5) is 12.0. The molecule has 0 saturated heterocycles. The molecule has 2 nitrogen and oxygen atoms in total. The molecule has 0 heterocycles. The Hall–Kier alpha value is -1.68. The summed E-state index contributed by atoms with van der Waals surface area (Å²) >= 11 is 3.32. The molecule has 2 rings (SSSR count). The molecule has 0 radical (unpaired) electrons. The van der Waals surface area contributed by atoms with E-state index in [1.807, 2.05) is 12.1 Å². The van der Waals surface area contributed by atoms with Gasteiger partial charge in [0.25, 0.3) is 5.91 Å². The number of carbonyl (C=O) groups excluding carboxylic acids is 1. The van der Waals surface area contributed by atoms with Crippen LogP contribution >= 0.6 is 15.9 Å². The summed E-state index contributed by atoms with van der Waals surface area (Å²) in [5, 5.41) is 2.73. The highest BCUT2D eigenvalue weighted by Crippen LogP contribution is 2.16. The first-order valence-corrected chi connectivity index (χ1v) is 6.18. The molecule has 0 aliphatic heterocycles. The molecule has 1 amide bonds. The average molecular weight is 308 g/mol. The maximum absolute atomic E-state index is 13.1. The molecule has 2 aromatic carbocycles. The van der Waals surface area contributed by atoms with Gasteiger partial charge in [-0.3, -0.25) is 4.79 Å². The fourth-order valence-corrected chi connectivity index (χ4v) is 1.83. The molecule has 0 saturated carbocycles. The Kier molecular flexibility index (Phi) is 3.77. The summed E-state index contributed by atoms with van der Waals surface area (Å²) in [6.45, 7) is 1.77. The van der Waals surface area contributed by atoms with Crippen molar-refractivity contribution in [3.63, 3.8) is 0 Å². The van der Waals surface area contributed by atoms with Crippen LogP contribution in [0.3, 0.4) is 0 Å². The van der Waals surface area contributed by atoms with Gasteiger partial charge in [-0.15, -0.1) is 0 Å². The summed E-state index contributed by atoms with van der Waals surface area (Å²) in [5.74, 6) is -0.726. The number of hydrogen-bond donors (Lipinski definition) is 1. The first-order valence-electron chi connectivity index (χ1n) is 5.39. The van der Waals surface area contributed by atoms with E-state index in [0.29, 0.717) is 11.3 Å². The van der Waals surface area contributed by atoms with E-state index in [9.17, 15) is 9.18 Å². The third-order valence-corrected chi connectivity index (χ3v) is 3.07. The van der Waals surface area contributed by atoms with Crippen molar-refractivity contribution in [1.29, 1.82) is 0 Å². The molecule has 0 aliphatic carbocycles. The minimum atomic E-state index is -0.415. The van der Waals surface area contributed by atoms with E-state index in [0.717, 1.165) is 10.0 Å². The second kappa shape index (κ2) is 5.31. The first kappa shape index (κ1) is 12.8. The number of anilines is 1. The Morgan fingerprint density at radius 2 is 1.83 bits per heavy atom. The van der Waals surface area contributed by atoms with E-state index >= 15 is 0 Å². The lowest BCUT2D eigenvalue weighted by Gasteiger charge is -2.07. The van der Waals surface area contributed by atoms with Crippen LogP contribution in [-0.4, -0.2) is 5.91 Å². The molecule has 0 fully saturated rings. The first-order chi connectivity index (χ1) is 8.56. The lowest BCUT2D eigenvalue weighted by atomic mass is 10.1. The molecule has 0 bridgehead atoms. The van der Waals surface area contributed by atoms with Gasteiger partial charge in [-0.2, -0.15) is 0 Å². The molecule has 0 aliphatic rings. The van der Waals surface area contributed by atoms with Gasteiger partial charge >= 0.3 is 0 Å². The second-order valence-corrected chi connectivity index (χ2v) is 4.84. The van der Waals surface area contributed by atoms with Crippen molar-refractivity contribution in [2.45, 2.75) is 6.92 Å². The van der Waals surface area contributed by atoms with Gasteiger partial charge in [0.15, 0.2) is 0 Å². The van der Waals surface area contributed by atoms with Gasteiger partial charge < -0.3 is 5.32 Å². The molecular formula is C14H11BrFNO.